The molecule has 0 rings (SSSR count). The first-order chi connectivity index (χ1) is 4.66. The second-order valence-electron chi connectivity index (χ2n) is 1.93. The summed E-state index contributed by atoms with van der Waals surface area (Å²) in [6.45, 7) is 1.77. The first kappa shape index (κ1) is 10.0. The Morgan fingerprint density at radius 2 is 2.40 bits per heavy atom. The van der Waals surface area contributed by atoms with E-state index in [4.69, 9.17) is 5.11 Å². The topological polar surface area (TPSA) is 69.6 Å². The van der Waals surface area contributed by atoms with E-state index in [1.54, 1.807) is 0 Å². The highest BCUT2D eigenvalue weighted by molar-refractivity contribution is 7.74. The third-order valence-electron chi connectivity index (χ3n) is 0.979. The minimum Gasteiger partial charge on any atom is -0.750 e. The molecule has 0 amide bonds. The Balaban J connectivity index is 3.21. The average molecular weight is 167 g/mol. The van der Waals surface area contributed by atoms with Crippen molar-refractivity contribution in [3.63, 3.8) is 0 Å². The van der Waals surface area contributed by atoms with E-state index >= 15 is 0 Å². The van der Waals surface area contributed by atoms with E-state index in [1.807, 2.05) is 6.92 Å². The van der Waals surface area contributed by atoms with Gasteiger partial charge in [0.25, 0.3) is 0 Å². The summed E-state index contributed by atoms with van der Waals surface area (Å²) in [7, 11) is 0. The summed E-state index contributed by atoms with van der Waals surface area (Å²) in [5, 5.41) is 8.90. The monoisotopic (exact) mass is 167 g/mol. The lowest BCUT2D eigenvalue weighted by Crippen LogP contribution is -2.15. The van der Waals surface area contributed by atoms with Crippen LogP contribution in [-0.4, -0.2) is 26.6 Å². The van der Waals surface area contributed by atoms with Gasteiger partial charge in [0.15, 0.2) is 0 Å². The van der Waals surface area contributed by atoms with Crippen LogP contribution in [0.4, 0.5) is 0 Å². The van der Waals surface area contributed by atoms with Gasteiger partial charge in [0.05, 0.1) is 24.1 Å². The number of aliphatic hydroxyl groups is 1. The van der Waals surface area contributed by atoms with Crippen LogP contribution in [0.25, 0.3) is 0 Å². The minimum absolute atomic E-state index is 0.135. The van der Waals surface area contributed by atoms with Crippen LogP contribution < -0.4 is 0 Å². The average Bonchev–Trinajstić information content (AvgIpc) is 1.85. The Morgan fingerprint density at radius 1 is 1.80 bits per heavy atom. The van der Waals surface area contributed by atoms with Crippen LogP contribution in [0.5, 0.6) is 0 Å². The van der Waals surface area contributed by atoms with Gasteiger partial charge >= 0.3 is 0 Å². The van der Waals surface area contributed by atoms with Crippen LogP contribution in [0.1, 0.15) is 19.8 Å². The molecule has 0 heterocycles. The molecule has 2 atom stereocenters. The Labute approximate surface area is 62.7 Å². The molecule has 0 saturated carbocycles. The summed E-state index contributed by atoms with van der Waals surface area (Å²) < 4.78 is 23.7. The first-order valence-corrected chi connectivity index (χ1v) is 4.07. The molecule has 0 aliphatic rings. The molecule has 5 heteroatoms. The number of hydrogen-bond acceptors (Lipinski definition) is 4. The third kappa shape index (κ3) is 6.15. The van der Waals surface area contributed by atoms with Gasteiger partial charge < -0.3 is 9.66 Å². The molecule has 2 unspecified atom stereocenters. The van der Waals surface area contributed by atoms with E-state index < -0.39 is 17.5 Å². The molecule has 0 fully saturated rings. The zero-order chi connectivity index (χ0) is 7.98. The largest absolute Gasteiger partial charge is 0.750 e. The Kier molecular flexibility index (Phi) is 5.81. The van der Waals surface area contributed by atoms with Crippen molar-refractivity contribution >= 4 is 11.4 Å². The van der Waals surface area contributed by atoms with Crippen molar-refractivity contribution < 1.29 is 18.1 Å². The molecule has 1 N–H and O–H groups in total. The van der Waals surface area contributed by atoms with Crippen LogP contribution in [0.3, 0.4) is 0 Å². The molecule has 10 heavy (non-hydrogen) atoms. The molecule has 0 aromatic carbocycles. The summed E-state index contributed by atoms with van der Waals surface area (Å²) in [5.74, 6) is 0. The smallest absolute Gasteiger partial charge is 0.0888 e. The normalized spacial score (nSPS) is 16.7. The molecular weight excluding hydrogens is 156 g/mol. The maximum absolute atomic E-state index is 9.77. The number of aliphatic hydroxyl groups excluding tert-OH is 1. The lowest BCUT2D eigenvalue weighted by molar-refractivity contribution is 0.100. The fourth-order valence-corrected chi connectivity index (χ4v) is 0.819. The highest BCUT2D eigenvalue weighted by atomic mass is 32.2. The second-order valence-corrected chi connectivity index (χ2v) is 2.58. The molecule has 62 valence electrons. The molecular formula is C5H11O4S-. The summed E-state index contributed by atoms with van der Waals surface area (Å²) >= 11 is -2.50. The van der Waals surface area contributed by atoms with E-state index in [2.05, 4.69) is 4.18 Å². The fraction of sp³-hybridized carbons (Fsp3) is 1.00. The van der Waals surface area contributed by atoms with Crippen LogP contribution in [0, 0.1) is 0 Å². The van der Waals surface area contributed by atoms with Gasteiger partial charge in [0, 0.05) is 0 Å². The molecule has 0 saturated heterocycles. The van der Waals surface area contributed by atoms with Crippen LogP contribution in [0.15, 0.2) is 0 Å². The van der Waals surface area contributed by atoms with Crippen LogP contribution >= 0.6 is 0 Å². The van der Waals surface area contributed by atoms with Gasteiger partial charge in [-0.1, -0.05) is 13.3 Å². The quantitative estimate of drug-likeness (QED) is 0.583. The molecule has 0 aliphatic carbocycles. The van der Waals surface area contributed by atoms with E-state index in [1.165, 1.54) is 0 Å². The van der Waals surface area contributed by atoms with Gasteiger partial charge in [-0.2, -0.15) is 0 Å². The summed E-state index contributed by atoms with van der Waals surface area (Å²) in [4.78, 5) is 0. The maximum atomic E-state index is 9.77. The second kappa shape index (κ2) is 5.79. The maximum Gasteiger partial charge on any atom is 0.0888 e. The zero-order valence-corrected chi connectivity index (χ0v) is 6.60. The van der Waals surface area contributed by atoms with E-state index in [0.29, 0.717) is 6.42 Å². The standard InChI is InChI=1S/C5H12O4S/c1-2-3-5(6)4-9-10(7)8/h5-6H,2-4H2,1H3,(H,7,8)/p-1. The minimum atomic E-state index is -2.50. The van der Waals surface area contributed by atoms with Crippen molar-refractivity contribution in [3.05, 3.63) is 0 Å². The van der Waals surface area contributed by atoms with Crippen LogP contribution in [-0.2, 0) is 15.5 Å². The molecule has 0 aliphatic heterocycles. The van der Waals surface area contributed by atoms with Crippen molar-refractivity contribution in [1.29, 1.82) is 0 Å². The van der Waals surface area contributed by atoms with Gasteiger partial charge in [-0.05, 0) is 6.42 Å². The summed E-state index contributed by atoms with van der Waals surface area (Å²) in [6, 6.07) is 0. The Morgan fingerprint density at radius 3 is 2.80 bits per heavy atom. The molecule has 0 aromatic rings. The van der Waals surface area contributed by atoms with E-state index in [9.17, 15) is 8.76 Å². The van der Waals surface area contributed by atoms with E-state index in [0.717, 1.165) is 6.42 Å². The van der Waals surface area contributed by atoms with Crippen molar-refractivity contribution in [2.24, 2.45) is 0 Å². The molecule has 0 spiro atoms. The van der Waals surface area contributed by atoms with Gasteiger partial charge in [-0.25, -0.2) is 4.21 Å². The lowest BCUT2D eigenvalue weighted by atomic mass is 10.2. The van der Waals surface area contributed by atoms with Crippen LogP contribution in [0.2, 0.25) is 0 Å². The highest BCUT2D eigenvalue weighted by Crippen LogP contribution is 1.96. The first-order valence-electron chi connectivity index (χ1n) is 3.07. The Bertz CT molecular complexity index is 106. The van der Waals surface area contributed by atoms with Crippen molar-refractivity contribution in [2.45, 2.75) is 25.9 Å². The molecule has 0 aromatic heterocycles. The van der Waals surface area contributed by atoms with Gasteiger partial charge in [0.1, 0.15) is 0 Å². The molecule has 0 bridgehead atoms. The molecule has 4 nitrogen and oxygen atoms in total. The third-order valence-corrected chi connectivity index (χ3v) is 1.31. The van der Waals surface area contributed by atoms with Crippen molar-refractivity contribution in [3.8, 4) is 0 Å². The predicted molar refractivity (Wildman–Crippen MR) is 35.8 cm³/mol. The number of rotatable bonds is 5. The SMILES string of the molecule is CCCC(O)COS(=O)[O-]. The van der Waals surface area contributed by atoms with Crippen molar-refractivity contribution in [1.82, 2.24) is 0 Å². The van der Waals surface area contributed by atoms with Gasteiger partial charge in [0.2, 0.25) is 0 Å². The van der Waals surface area contributed by atoms with E-state index in [-0.39, 0.29) is 6.61 Å². The van der Waals surface area contributed by atoms with Crippen molar-refractivity contribution in [2.75, 3.05) is 6.61 Å². The predicted octanol–water partition coefficient (Wildman–Crippen LogP) is -0.0419. The van der Waals surface area contributed by atoms with Gasteiger partial charge in [-0.15, -0.1) is 0 Å². The lowest BCUT2D eigenvalue weighted by Gasteiger charge is -2.10. The summed E-state index contributed by atoms with van der Waals surface area (Å²) in [5.41, 5.74) is 0. The zero-order valence-electron chi connectivity index (χ0n) is 5.78. The Hall–Kier alpha value is 0.0300. The number of hydrogen-bond donors (Lipinski definition) is 1. The summed E-state index contributed by atoms with van der Waals surface area (Å²) in [6.07, 6.45) is 0.718. The fourth-order valence-electron chi connectivity index (χ4n) is 0.551. The van der Waals surface area contributed by atoms with Gasteiger partial charge in [-0.3, -0.25) is 4.18 Å². The highest BCUT2D eigenvalue weighted by Gasteiger charge is 2.01. The molecule has 0 radical (unpaired) electrons.